The molecule has 0 spiro atoms. The van der Waals surface area contributed by atoms with Crippen molar-refractivity contribution >= 4 is 11.8 Å². The second-order valence-electron chi connectivity index (χ2n) is 5.57. The zero-order chi connectivity index (χ0) is 15.7. The summed E-state index contributed by atoms with van der Waals surface area (Å²) >= 11 is 0. The lowest BCUT2D eigenvalue weighted by Gasteiger charge is -2.40. The van der Waals surface area contributed by atoms with Crippen molar-refractivity contribution in [2.45, 2.75) is 51.5 Å². The van der Waals surface area contributed by atoms with Crippen LogP contribution in [0.3, 0.4) is 0 Å². The molecule has 0 aromatic rings. The number of amides is 2. The van der Waals surface area contributed by atoms with E-state index in [1.165, 1.54) is 0 Å². The maximum atomic E-state index is 12.8. The highest BCUT2D eigenvalue weighted by Crippen LogP contribution is 2.30. The maximum absolute atomic E-state index is 12.8. The van der Waals surface area contributed by atoms with E-state index in [0.29, 0.717) is 19.6 Å². The van der Waals surface area contributed by atoms with Gasteiger partial charge < -0.3 is 10.2 Å². The fourth-order valence-electron chi connectivity index (χ4n) is 2.93. The Kier molecular flexibility index (Phi) is 7.43. The maximum Gasteiger partial charge on any atom is 0.242 e. The van der Waals surface area contributed by atoms with E-state index in [-0.39, 0.29) is 18.4 Å². The number of nitrogens with one attached hydrogen (secondary N) is 2. The van der Waals surface area contributed by atoms with Gasteiger partial charge in [0.1, 0.15) is 0 Å². The molecule has 1 fully saturated rings. The highest BCUT2D eigenvalue weighted by atomic mass is 16.2. The molecule has 0 saturated heterocycles. The molecule has 0 radical (unpaired) electrons. The van der Waals surface area contributed by atoms with Gasteiger partial charge in [0.05, 0.1) is 12.1 Å². The van der Waals surface area contributed by atoms with Crippen molar-refractivity contribution < 1.29 is 9.59 Å². The van der Waals surface area contributed by atoms with Crippen molar-refractivity contribution in [1.82, 2.24) is 15.5 Å². The minimum absolute atomic E-state index is 0.0906. The summed E-state index contributed by atoms with van der Waals surface area (Å²) in [6.45, 7) is 9.62. The SMILES string of the molecule is C=CCNC(=O)CNC1(C(=O)N(CC)CC)CCCCC1. The van der Waals surface area contributed by atoms with Crippen molar-refractivity contribution in [3.63, 3.8) is 0 Å². The number of likely N-dealkylation sites (N-methyl/N-ethyl adjacent to an activating group) is 1. The van der Waals surface area contributed by atoms with E-state index in [2.05, 4.69) is 17.2 Å². The van der Waals surface area contributed by atoms with Gasteiger partial charge in [-0.1, -0.05) is 25.3 Å². The molecule has 2 N–H and O–H groups in total. The van der Waals surface area contributed by atoms with Crippen molar-refractivity contribution in [2.24, 2.45) is 0 Å². The topological polar surface area (TPSA) is 61.4 Å². The molecule has 21 heavy (non-hydrogen) atoms. The molecule has 1 rings (SSSR count). The Morgan fingerprint density at radius 3 is 2.33 bits per heavy atom. The standard InChI is InChI=1S/C16H29N3O2/c1-4-12-17-14(20)13-18-16(10-8-7-9-11-16)15(21)19(5-2)6-3/h4,18H,1,5-13H2,2-3H3,(H,17,20). The molecule has 0 aromatic carbocycles. The Morgan fingerprint density at radius 2 is 1.81 bits per heavy atom. The summed E-state index contributed by atoms with van der Waals surface area (Å²) in [7, 11) is 0. The molecule has 1 aliphatic carbocycles. The van der Waals surface area contributed by atoms with Gasteiger partial charge in [0.25, 0.3) is 0 Å². The van der Waals surface area contributed by atoms with Crippen LogP contribution in [-0.2, 0) is 9.59 Å². The van der Waals surface area contributed by atoms with E-state index in [1.807, 2.05) is 18.7 Å². The first-order valence-corrected chi connectivity index (χ1v) is 8.01. The van der Waals surface area contributed by atoms with Crippen LogP contribution in [-0.4, -0.2) is 48.4 Å². The molecular formula is C16H29N3O2. The molecule has 5 heteroatoms. The van der Waals surface area contributed by atoms with Gasteiger partial charge in [-0.2, -0.15) is 0 Å². The average Bonchev–Trinajstić information content (AvgIpc) is 2.52. The van der Waals surface area contributed by atoms with Crippen molar-refractivity contribution in [1.29, 1.82) is 0 Å². The zero-order valence-electron chi connectivity index (χ0n) is 13.4. The summed E-state index contributed by atoms with van der Waals surface area (Å²) < 4.78 is 0. The smallest absolute Gasteiger partial charge is 0.242 e. The lowest BCUT2D eigenvalue weighted by molar-refractivity contribution is -0.139. The van der Waals surface area contributed by atoms with Gasteiger partial charge in [0, 0.05) is 19.6 Å². The molecule has 0 unspecified atom stereocenters. The molecule has 0 aromatic heterocycles. The normalized spacial score (nSPS) is 17.0. The van der Waals surface area contributed by atoms with Crippen LogP contribution in [0.5, 0.6) is 0 Å². The summed E-state index contributed by atoms with van der Waals surface area (Å²) in [6, 6.07) is 0. The van der Waals surface area contributed by atoms with Crippen LogP contribution < -0.4 is 10.6 Å². The Bertz CT molecular complexity index is 359. The number of carbonyl (C=O) groups is 2. The van der Waals surface area contributed by atoms with Gasteiger partial charge in [0.15, 0.2) is 0 Å². The molecular weight excluding hydrogens is 266 g/mol. The highest BCUT2D eigenvalue weighted by Gasteiger charge is 2.41. The molecule has 0 aliphatic heterocycles. The lowest BCUT2D eigenvalue weighted by atomic mass is 9.80. The second kappa shape index (κ2) is 8.82. The van der Waals surface area contributed by atoms with Gasteiger partial charge in [-0.25, -0.2) is 0 Å². The van der Waals surface area contributed by atoms with E-state index >= 15 is 0 Å². The number of nitrogens with zero attached hydrogens (tertiary/aromatic N) is 1. The van der Waals surface area contributed by atoms with Crippen LogP contribution in [0, 0.1) is 0 Å². The third-order valence-electron chi connectivity index (χ3n) is 4.20. The molecule has 1 saturated carbocycles. The van der Waals surface area contributed by atoms with Gasteiger partial charge in [-0.3, -0.25) is 14.9 Å². The fraction of sp³-hybridized carbons (Fsp3) is 0.750. The summed E-state index contributed by atoms with van der Waals surface area (Å²) in [4.78, 5) is 26.5. The van der Waals surface area contributed by atoms with Crippen molar-refractivity contribution in [3.8, 4) is 0 Å². The largest absolute Gasteiger partial charge is 0.352 e. The van der Waals surface area contributed by atoms with E-state index in [4.69, 9.17) is 0 Å². The quantitative estimate of drug-likeness (QED) is 0.666. The van der Waals surface area contributed by atoms with Crippen molar-refractivity contribution in [3.05, 3.63) is 12.7 Å². The Morgan fingerprint density at radius 1 is 1.19 bits per heavy atom. The van der Waals surface area contributed by atoms with E-state index < -0.39 is 5.54 Å². The van der Waals surface area contributed by atoms with Crippen LogP contribution in [0.1, 0.15) is 46.0 Å². The van der Waals surface area contributed by atoms with Gasteiger partial charge in [-0.05, 0) is 26.7 Å². The third kappa shape index (κ3) is 4.84. The monoisotopic (exact) mass is 295 g/mol. The average molecular weight is 295 g/mol. The number of rotatable bonds is 8. The minimum atomic E-state index is -0.560. The first-order valence-electron chi connectivity index (χ1n) is 8.01. The Hall–Kier alpha value is -1.36. The number of carbonyl (C=O) groups excluding carboxylic acids is 2. The van der Waals surface area contributed by atoms with Crippen LogP contribution in [0.25, 0.3) is 0 Å². The van der Waals surface area contributed by atoms with Crippen LogP contribution in [0.4, 0.5) is 0 Å². The predicted molar refractivity (Wildman–Crippen MR) is 85.0 cm³/mol. The lowest BCUT2D eigenvalue weighted by Crippen LogP contribution is -2.60. The van der Waals surface area contributed by atoms with E-state index in [9.17, 15) is 9.59 Å². The summed E-state index contributed by atoms with van der Waals surface area (Å²) in [5, 5.41) is 6.00. The van der Waals surface area contributed by atoms with E-state index in [0.717, 1.165) is 32.1 Å². The number of hydrogen-bond donors (Lipinski definition) is 2. The third-order valence-corrected chi connectivity index (χ3v) is 4.20. The first-order chi connectivity index (χ1) is 10.1. The molecule has 1 aliphatic rings. The zero-order valence-corrected chi connectivity index (χ0v) is 13.4. The molecule has 2 amide bonds. The second-order valence-corrected chi connectivity index (χ2v) is 5.57. The highest BCUT2D eigenvalue weighted by molar-refractivity contribution is 5.87. The van der Waals surface area contributed by atoms with Gasteiger partial charge in [-0.15, -0.1) is 6.58 Å². The first kappa shape index (κ1) is 17.7. The van der Waals surface area contributed by atoms with Crippen LogP contribution in [0.2, 0.25) is 0 Å². The Labute approximate surface area is 128 Å². The van der Waals surface area contributed by atoms with Gasteiger partial charge in [0.2, 0.25) is 11.8 Å². The molecule has 120 valence electrons. The van der Waals surface area contributed by atoms with Crippen LogP contribution >= 0.6 is 0 Å². The summed E-state index contributed by atoms with van der Waals surface area (Å²) in [6.07, 6.45) is 6.52. The summed E-state index contributed by atoms with van der Waals surface area (Å²) in [5.74, 6) is 0.0518. The molecule has 0 bridgehead atoms. The summed E-state index contributed by atoms with van der Waals surface area (Å²) in [5.41, 5.74) is -0.560. The van der Waals surface area contributed by atoms with Crippen molar-refractivity contribution in [2.75, 3.05) is 26.2 Å². The molecule has 0 atom stereocenters. The van der Waals surface area contributed by atoms with Crippen LogP contribution in [0.15, 0.2) is 12.7 Å². The number of hydrogen-bond acceptors (Lipinski definition) is 3. The fourth-order valence-corrected chi connectivity index (χ4v) is 2.93. The molecule has 0 heterocycles. The molecule has 5 nitrogen and oxygen atoms in total. The van der Waals surface area contributed by atoms with Gasteiger partial charge >= 0.3 is 0 Å². The van der Waals surface area contributed by atoms with E-state index in [1.54, 1.807) is 6.08 Å². The predicted octanol–water partition coefficient (Wildman–Crippen LogP) is 1.45. The Balaban J connectivity index is 2.71. The minimum Gasteiger partial charge on any atom is -0.352 e.